The maximum atomic E-state index is 11.4. The lowest BCUT2D eigenvalue weighted by molar-refractivity contribution is -0.121. The first-order valence-electron chi connectivity index (χ1n) is 6.71. The van der Waals surface area contributed by atoms with Crippen molar-refractivity contribution < 1.29 is 4.79 Å². The molecule has 0 heterocycles. The summed E-state index contributed by atoms with van der Waals surface area (Å²) in [5, 5.41) is 6.02. The third kappa shape index (κ3) is 4.14. The second-order valence-corrected chi connectivity index (χ2v) is 5.43. The lowest BCUT2D eigenvalue weighted by Crippen LogP contribution is -2.29. The molecule has 0 aromatic rings. The molecule has 2 aliphatic carbocycles. The van der Waals surface area contributed by atoms with E-state index < -0.39 is 0 Å². The number of rotatable bonds is 6. The maximum absolute atomic E-state index is 11.4. The van der Waals surface area contributed by atoms with Gasteiger partial charge in [-0.05, 0) is 50.5 Å². The van der Waals surface area contributed by atoms with Crippen molar-refractivity contribution in [1.82, 2.24) is 10.6 Å². The molecule has 3 atom stereocenters. The first-order valence-corrected chi connectivity index (χ1v) is 6.71. The summed E-state index contributed by atoms with van der Waals surface area (Å²) < 4.78 is 0. The summed E-state index contributed by atoms with van der Waals surface area (Å²) in [5.74, 6) is 3.11. The van der Waals surface area contributed by atoms with Crippen LogP contribution in [0.4, 0.5) is 0 Å². The van der Waals surface area contributed by atoms with Gasteiger partial charge in [0.25, 0.3) is 0 Å². The molecule has 0 aliphatic heterocycles. The molecular formula is C13H25ClN2O. The van der Waals surface area contributed by atoms with Gasteiger partial charge in [-0.3, -0.25) is 4.79 Å². The van der Waals surface area contributed by atoms with Gasteiger partial charge < -0.3 is 10.6 Å². The maximum Gasteiger partial charge on any atom is 0.221 e. The van der Waals surface area contributed by atoms with Crippen molar-refractivity contribution >= 4 is 18.3 Å². The van der Waals surface area contributed by atoms with E-state index >= 15 is 0 Å². The Kier molecular flexibility index (Phi) is 6.28. The topological polar surface area (TPSA) is 41.1 Å². The van der Waals surface area contributed by atoms with Crippen molar-refractivity contribution in [1.29, 1.82) is 0 Å². The van der Waals surface area contributed by atoms with E-state index in [-0.39, 0.29) is 18.3 Å². The summed E-state index contributed by atoms with van der Waals surface area (Å²) in [6.07, 6.45) is 7.62. The average molecular weight is 261 g/mol. The van der Waals surface area contributed by atoms with Crippen molar-refractivity contribution in [2.45, 2.75) is 38.5 Å². The fraction of sp³-hybridized carbons (Fsp3) is 0.923. The van der Waals surface area contributed by atoms with Crippen LogP contribution in [-0.4, -0.2) is 26.0 Å². The van der Waals surface area contributed by atoms with Crippen LogP contribution in [0.3, 0.4) is 0 Å². The molecule has 2 rings (SSSR count). The highest BCUT2D eigenvalue weighted by Gasteiger charge is 2.38. The van der Waals surface area contributed by atoms with Gasteiger partial charge in [0, 0.05) is 19.5 Å². The van der Waals surface area contributed by atoms with Crippen molar-refractivity contribution in [3.8, 4) is 0 Å². The van der Waals surface area contributed by atoms with Crippen LogP contribution in [0.5, 0.6) is 0 Å². The van der Waals surface area contributed by atoms with E-state index in [1.165, 1.54) is 32.1 Å². The predicted octanol–water partition coefficient (Wildman–Crippen LogP) is 1.96. The highest BCUT2D eigenvalue weighted by Crippen LogP contribution is 2.49. The van der Waals surface area contributed by atoms with E-state index in [1.807, 2.05) is 7.05 Å². The minimum atomic E-state index is 0. The number of carbonyl (C=O) groups is 1. The highest BCUT2D eigenvalue weighted by atomic mass is 35.5. The van der Waals surface area contributed by atoms with Gasteiger partial charge in [-0.2, -0.15) is 0 Å². The van der Waals surface area contributed by atoms with Gasteiger partial charge in [-0.15, -0.1) is 12.4 Å². The number of halogens is 1. The fourth-order valence-electron chi connectivity index (χ4n) is 3.45. The predicted molar refractivity (Wildman–Crippen MR) is 72.4 cm³/mol. The molecule has 0 aromatic carbocycles. The molecule has 2 saturated carbocycles. The smallest absolute Gasteiger partial charge is 0.221 e. The first-order chi connectivity index (χ1) is 7.79. The molecule has 2 bridgehead atoms. The van der Waals surface area contributed by atoms with E-state index in [2.05, 4.69) is 10.6 Å². The molecule has 0 aromatic heterocycles. The molecule has 3 nitrogen and oxygen atoms in total. The van der Waals surface area contributed by atoms with Gasteiger partial charge in [-0.1, -0.05) is 6.42 Å². The Bertz CT molecular complexity index is 248. The van der Waals surface area contributed by atoms with Crippen LogP contribution >= 0.6 is 12.4 Å². The highest BCUT2D eigenvalue weighted by molar-refractivity contribution is 5.85. The molecular weight excluding hydrogens is 236 g/mol. The van der Waals surface area contributed by atoms with Crippen LogP contribution in [0, 0.1) is 17.8 Å². The summed E-state index contributed by atoms with van der Waals surface area (Å²) >= 11 is 0. The molecule has 4 heteroatoms. The summed E-state index contributed by atoms with van der Waals surface area (Å²) in [7, 11) is 1.88. The monoisotopic (exact) mass is 260 g/mol. The molecule has 17 heavy (non-hydrogen) atoms. The van der Waals surface area contributed by atoms with Crippen LogP contribution in [0.2, 0.25) is 0 Å². The summed E-state index contributed by atoms with van der Waals surface area (Å²) in [5.41, 5.74) is 0. The quantitative estimate of drug-likeness (QED) is 0.767. The third-order valence-electron chi connectivity index (χ3n) is 4.32. The number of hydrogen-bond acceptors (Lipinski definition) is 2. The van der Waals surface area contributed by atoms with Crippen LogP contribution in [0.15, 0.2) is 0 Å². The Balaban J connectivity index is 0.00000144. The van der Waals surface area contributed by atoms with E-state index in [4.69, 9.17) is 0 Å². The third-order valence-corrected chi connectivity index (χ3v) is 4.32. The second kappa shape index (κ2) is 7.22. The van der Waals surface area contributed by atoms with Gasteiger partial charge in [-0.25, -0.2) is 0 Å². The summed E-state index contributed by atoms with van der Waals surface area (Å²) in [6, 6.07) is 0. The van der Waals surface area contributed by atoms with Crippen molar-refractivity contribution in [3.63, 3.8) is 0 Å². The van der Waals surface area contributed by atoms with Crippen LogP contribution in [-0.2, 0) is 4.79 Å². The second-order valence-electron chi connectivity index (χ2n) is 5.43. The molecule has 2 aliphatic rings. The van der Waals surface area contributed by atoms with Gasteiger partial charge in [0.05, 0.1) is 0 Å². The molecule has 1 amide bonds. The molecule has 100 valence electrons. The Hall–Kier alpha value is -0.280. The SMILES string of the molecule is CNCCC(=O)NCCC1CC2CCC1C2.Cl. The molecule has 2 fully saturated rings. The number of amides is 1. The number of carbonyl (C=O) groups excluding carboxylic acids is 1. The molecule has 0 radical (unpaired) electrons. The minimum absolute atomic E-state index is 0. The largest absolute Gasteiger partial charge is 0.356 e. The lowest BCUT2D eigenvalue weighted by atomic mass is 9.86. The average Bonchev–Trinajstić information content (AvgIpc) is 2.88. The van der Waals surface area contributed by atoms with E-state index in [0.717, 1.165) is 30.8 Å². The number of nitrogens with one attached hydrogen (secondary N) is 2. The Labute approximate surface area is 111 Å². The van der Waals surface area contributed by atoms with Crippen molar-refractivity contribution in [2.24, 2.45) is 17.8 Å². The molecule has 0 spiro atoms. The van der Waals surface area contributed by atoms with Crippen molar-refractivity contribution in [2.75, 3.05) is 20.1 Å². The first kappa shape index (κ1) is 14.8. The van der Waals surface area contributed by atoms with Crippen LogP contribution < -0.4 is 10.6 Å². The summed E-state index contributed by atoms with van der Waals surface area (Å²) in [6.45, 7) is 1.66. The van der Waals surface area contributed by atoms with E-state index in [9.17, 15) is 4.79 Å². The van der Waals surface area contributed by atoms with E-state index in [0.29, 0.717) is 6.42 Å². The lowest BCUT2D eigenvalue weighted by Gasteiger charge is -2.21. The zero-order valence-corrected chi connectivity index (χ0v) is 11.5. The van der Waals surface area contributed by atoms with Crippen LogP contribution in [0.25, 0.3) is 0 Å². The standard InChI is InChI=1S/C13H24N2O.ClH/c1-14-6-5-13(16)15-7-4-12-9-10-2-3-11(12)8-10;/h10-12,14H,2-9H2,1H3,(H,15,16);1H. The Morgan fingerprint density at radius 2 is 2.06 bits per heavy atom. The van der Waals surface area contributed by atoms with Gasteiger partial charge in [0.15, 0.2) is 0 Å². The van der Waals surface area contributed by atoms with E-state index in [1.54, 1.807) is 0 Å². The van der Waals surface area contributed by atoms with Gasteiger partial charge in [0.1, 0.15) is 0 Å². The Morgan fingerprint density at radius 1 is 1.24 bits per heavy atom. The zero-order chi connectivity index (χ0) is 11.4. The molecule has 3 unspecified atom stereocenters. The normalized spacial score (nSPS) is 30.1. The zero-order valence-electron chi connectivity index (χ0n) is 10.7. The van der Waals surface area contributed by atoms with Gasteiger partial charge >= 0.3 is 0 Å². The summed E-state index contributed by atoms with van der Waals surface area (Å²) in [4.78, 5) is 11.4. The fourth-order valence-corrected chi connectivity index (χ4v) is 3.45. The molecule has 0 saturated heterocycles. The van der Waals surface area contributed by atoms with Crippen molar-refractivity contribution in [3.05, 3.63) is 0 Å². The molecule has 2 N–H and O–H groups in total. The number of hydrogen-bond donors (Lipinski definition) is 2. The Morgan fingerprint density at radius 3 is 2.65 bits per heavy atom. The van der Waals surface area contributed by atoms with Gasteiger partial charge in [0.2, 0.25) is 5.91 Å². The van der Waals surface area contributed by atoms with Crippen LogP contribution in [0.1, 0.15) is 38.5 Å². The minimum Gasteiger partial charge on any atom is -0.356 e. The number of fused-ring (bicyclic) bond motifs is 2.